The number of ether oxygens (including phenoxy) is 1. The molecule has 0 aliphatic carbocycles. The molecule has 0 amide bonds. The Hall–Kier alpha value is -0.440. The van der Waals surface area contributed by atoms with Crippen LogP contribution in [0, 0.1) is 5.92 Å². The van der Waals surface area contributed by atoms with Gasteiger partial charge in [-0.05, 0) is 37.6 Å². The monoisotopic (exact) mass is 287 g/mol. The van der Waals surface area contributed by atoms with Gasteiger partial charge in [0, 0.05) is 22.5 Å². The molecule has 0 radical (unpaired) electrons. The Balaban J connectivity index is 2.07. The van der Waals surface area contributed by atoms with Gasteiger partial charge in [-0.15, -0.1) is 0 Å². The topological polar surface area (TPSA) is 21.3 Å². The fraction of sp³-hybridized carbons (Fsp3) is 0.571. The van der Waals surface area contributed by atoms with Crippen molar-refractivity contribution in [3.8, 4) is 5.75 Å². The van der Waals surface area contributed by atoms with Crippen LogP contribution in [-0.2, 0) is 0 Å². The van der Waals surface area contributed by atoms with Gasteiger partial charge in [-0.2, -0.15) is 0 Å². The summed E-state index contributed by atoms with van der Waals surface area (Å²) in [6.07, 6.45) is 3.62. The van der Waals surface area contributed by atoms with Crippen molar-refractivity contribution in [2.45, 2.75) is 32.3 Å². The Morgan fingerprint density at radius 1 is 1.33 bits per heavy atom. The van der Waals surface area contributed by atoms with Gasteiger partial charge in [0.25, 0.3) is 0 Å². The molecule has 0 spiro atoms. The van der Waals surface area contributed by atoms with E-state index in [0.29, 0.717) is 16.0 Å². The fourth-order valence-corrected chi connectivity index (χ4v) is 2.95. The molecule has 1 aliphatic rings. The van der Waals surface area contributed by atoms with Crippen molar-refractivity contribution in [1.82, 2.24) is 5.32 Å². The highest BCUT2D eigenvalue weighted by Gasteiger charge is 2.25. The highest BCUT2D eigenvalue weighted by molar-refractivity contribution is 6.34. The smallest absolute Gasteiger partial charge is 0.122 e. The molecule has 1 aromatic rings. The molecule has 1 aromatic carbocycles. The van der Waals surface area contributed by atoms with E-state index < -0.39 is 0 Å². The van der Waals surface area contributed by atoms with Crippen LogP contribution in [0.25, 0.3) is 0 Å². The Labute approximate surface area is 119 Å². The summed E-state index contributed by atoms with van der Waals surface area (Å²) in [5, 5.41) is 4.63. The van der Waals surface area contributed by atoms with Crippen molar-refractivity contribution in [3.63, 3.8) is 0 Å². The summed E-state index contributed by atoms with van der Waals surface area (Å²) < 4.78 is 6.09. The van der Waals surface area contributed by atoms with Crippen molar-refractivity contribution >= 4 is 23.2 Å². The van der Waals surface area contributed by atoms with Gasteiger partial charge in [-0.25, -0.2) is 0 Å². The van der Waals surface area contributed by atoms with Crippen LogP contribution in [0.15, 0.2) is 18.2 Å². The van der Waals surface area contributed by atoms with E-state index in [2.05, 4.69) is 12.2 Å². The lowest BCUT2D eigenvalue weighted by atomic mass is 9.97. The molecule has 0 bridgehead atoms. The molecule has 1 aliphatic heterocycles. The maximum Gasteiger partial charge on any atom is 0.122 e. The SMILES string of the molecule is CCC[C@H](Oc1cc(Cl)cc(Cl)c1)[C@H]1CCNC1. The minimum Gasteiger partial charge on any atom is -0.490 e. The van der Waals surface area contributed by atoms with Gasteiger partial charge in [0.2, 0.25) is 0 Å². The van der Waals surface area contributed by atoms with Gasteiger partial charge in [0.1, 0.15) is 11.9 Å². The first-order chi connectivity index (χ1) is 8.69. The van der Waals surface area contributed by atoms with E-state index in [1.807, 2.05) is 12.1 Å². The zero-order valence-corrected chi connectivity index (χ0v) is 12.1. The standard InChI is InChI=1S/C14H19Cl2NO/c1-2-3-14(10-4-5-17-9-10)18-13-7-11(15)6-12(16)8-13/h6-8,10,14,17H,2-5,9H2,1H3/t10-,14-/m0/s1. The van der Waals surface area contributed by atoms with Crippen molar-refractivity contribution in [2.24, 2.45) is 5.92 Å². The van der Waals surface area contributed by atoms with E-state index in [4.69, 9.17) is 27.9 Å². The molecule has 2 nitrogen and oxygen atoms in total. The van der Waals surface area contributed by atoms with Crippen LogP contribution in [0.4, 0.5) is 0 Å². The molecule has 18 heavy (non-hydrogen) atoms. The van der Waals surface area contributed by atoms with Crippen LogP contribution >= 0.6 is 23.2 Å². The van der Waals surface area contributed by atoms with E-state index in [9.17, 15) is 0 Å². The van der Waals surface area contributed by atoms with Crippen molar-refractivity contribution < 1.29 is 4.74 Å². The first kappa shape index (κ1) is 14.0. The van der Waals surface area contributed by atoms with Crippen LogP contribution < -0.4 is 10.1 Å². The Morgan fingerprint density at radius 2 is 2.06 bits per heavy atom. The first-order valence-corrected chi connectivity index (χ1v) is 7.28. The maximum absolute atomic E-state index is 6.09. The Kier molecular flexibility index (Phi) is 5.16. The molecule has 1 saturated heterocycles. The van der Waals surface area contributed by atoms with Crippen molar-refractivity contribution in [2.75, 3.05) is 13.1 Å². The molecule has 100 valence electrons. The number of benzene rings is 1. The van der Waals surface area contributed by atoms with Crippen LogP contribution in [0.1, 0.15) is 26.2 Å². The lowest BCUT2D eigenvalue weighted by molar-refractivity contribution is 0.132. The maximum atomic E-state index is 6.09. The van der Waals surface area contributed by atoms with Crippen LogP contribution in [0.3, 0.4) is 0 Å². The first-order valence-electron chi connectivity index (χ1n) is 6.52. The normalized spacial score (nSPS) is 20.9. The largest absolute Gasteiger partial charge is 0.490 e. The number of rotatable bonds is 5. The summed E-state index contributed by atoms with van der Waals surface area (Å²) in [5.74, 6) is 1.36. The van der Waals surface area contributed by atoms with Crippen LogP contribution in [0.2, 0.25) is 10.0 Å². The van der Waals surface area contributed by atoms with E-state index in [-0.39, 0.29) is 6.10 Å². The van der Waals surface area contributed by atoms with Gasteiger partial charge >= 0.3 is 0 Å². The second kappa shape index (κ2) is 6.65. The molecule has 4 heteroatoms. The molecule has 2 rings (SSSR count). The molecular weight excluding hydrogens is 269 g/mol. The van der Waals surface area contributed by atoms with Gasteiger partial charge in [-0.1, -0.05) is 36.5 Å². The third kappa shape index (κ3) is 3.78. The summed E-state index contributed by atoms with van der Waals surface area (Å²) >= 11 is 12.0. The summed E-state index contributed by atoms with van der Waals surface area (Å²) in [6.45, 7) is 4.31. The zero-order valence-electron chi connectivity index (χ0n) is 10.6. The number of nitrogens with one attached hydrogen (secondary N) is 1. The number of hydrogen-bond donors (Lipinski definition) is 1. The highest BCUT2D eigenvalue weighted by atomic mass is 35.5. The van der Waals surface area contributed by atoms with Gasteiger partial charge < -0.3 is 10.1 Å². The average molecular weight is 288 g/mol. The molecule has 1 fully saturated rings. The minimum absolute atomic E-state index is 0.250. The predicted molar refractivity (Wildman–Crippen MR) is 76.8 cm³/mol. The molecule has 0 unspecified atom stereocenters. The molecule has 1 N–H and O–H groups in total. The van der Waals surface area contributed by atoms with Crippen molar-refractivity contribution in [3.05, 3.63) is 28.2 Å². The third-order valence-corrected chi connectivity index (χ3v) is 3.76. The molecule has 0 saturated carbocycles. The second-order valence-corrected chi connectivity index (χ2v) is 5.68. The lowest BCUT2D eigenvalue weighted by Crippen LogP contribution is -2.28. The van der Waals surface area contributed by atoms with Gasteiger partial charge in [0.05, 0.1) is 0 Å². The third-order valence-electron chi connectivity index (χ3n) is 3.32. The molecule has 1 heterocycles. The zero-order chi connectivity index (χ0) is 13.0. The van der Waals surface area contributed by atoms with Gasteiger partial charge in [0.15, 0.2) is 0 Å². The van der Waals surface area contributed by atoms with Crippen LogP contribution in [-0.4, -0.2) is 19.2 Å². The van der Waals surface area contributed by atoms with E-state index in [1.165, 1.54) is 6.42 Å². The quantitative estimate of drug-likeness (QED) is 0.878. The summed E-state index contributed by atoms with van der Waals surface area (Å²) in [7, 11) is 0. The summed E-state index contributed by atoms with van der Waals surface area (Å²) in [6, 6.07) is 5.39. The van der Waals surface area contributed by atoms with E-state index in [0.717, 1.165) is 31.7 Å². The summed E-state index contributed by atoms with van der Waals surface area (Å²) in [5.41, 5.74) is 0. The van der Waals surface area contributed by atoms with E-state index in [1.54, 1.807) is 6.07 Å². The van der Waals surface area contributed by atoms with Gasteiger partial charge in [-0.3, -0.25) is 0 Å². The lowest BCUT2D eigenvalue weighted by Gasteiger charge is -2.24. The van der Waals surface area contributed by atoms with Crippen LogP contribution in [0.5, 0.6) is 5.75 Å². The Morgan fingerprint density at radius 3 is 2.61 bits per heavy atom. The molecule has 2 atom stereocenters. The number of halogens is 2. The second-order valence-electron chi connectivity index (χ2n) is 4.80. The Bertz CT molecular complexity index is 371. The molecule has 0 aromatic heterocycles. The molecular formula is C14H19Cl2NO. The minimum atomic E-state index is 0.250. The number of hydrogen-bond acceptors (Lipinski definition) is 2. The highest BCUT2D eigenvalue weighted by Crippen LogP contribution is 2.28. The van der Waals surface area contributed by atoms with E-state index >= 15 is 0 Å². The fourth-order valence-electron chi connectivity index (χ4n) is 2.44. The predicted octanol–water partition coefficient (Wildman–Crippen LogP) is 4.15. The average Bonchev–Trinajstić information content (AvgIpc) is 2.80. The van der Waals surface area contributed by atoms with Crippen molar-refractivity contribution in [1.29, 1.82) is 0 Å². The summed E-state index contributed by atoms with van der Waals surface area (Å²) in [4.78, 5) is 0.